The standard InChI is InChI=1S/C26H18Cl2F2N4O4/c1-33-22(18(27)11-31-33)17-10-21(38-23(17)28)24(35)32-14(8-13-6-7-19(29)20(30)9-13)12-34-25(36)15-4-2-3-5-16(15)26(34)37/h2-7,9-11,14H,8,12H2,1H3,(H,32,35). The third-order valence-corrected chi connectivity index (χ3v) is 6.70. The Kier molecular flexibility index (Phi) is 6.77. The van der Waals surface area contributed by atoms with Gasteiger partial charge in [0.1, 0.15) is 0 Å². The van der Waals surface area contributed by atoms with Crippen LogP contribution < -0.4 is 5.32 Å². The number of imide groups is 1. The van der Waals surface area contributed by atoms with E-state index in [0.29, 0.717) is 21.8 Å². The summed E-state index contributed by atoms with van der Waals surface area (Å²) < 4.78 is 34.3. The number of aryl methyl sites for hydroxylation is 1. The van der Waals surface area contributed by atoms with E-state index in [-0.39, 0.29) is 35.1 Å². The lowest BCUT2D eigenvalue weighted by Crippen LogP contribution is -2.46. The third-order valence-electron chi connectivity index (χ3n) is 6.14. The van der Waals surface area contributed by atoms with Gasteiger partial charge in [0.2, 0.25) is 5.22 Å². The average molecular weight is 559 g/mol. The molecule has 0 aliphatic carbocycles. The molecular formula is C26H18Cl2F2N4O4. The number of amides is 3. The molecule has 0 bridgehead atoms. The Bertz CT molecular complexity index is 1550. The SMILES string of the molecule is Cn1ncc(Cl)c1-c1cc(C(=O)NC(Cc2ccc(F)c(F)c2)CN2C(=O)c3ccccc3C2=O)oc1Cl. The van der Waals surface area contributed by atoms with Crippen molar-refractivity contribution in [3.63, 3.8) is 0 Å². The van der Waals surface area contributed by atoms with E-state index < -0.39 is 35.4 Å². The van der Waals surface area contributed by atoms with Crippen LogP contribution in [0.25, 0.3) is 11.3 Å². The van der Waals surface area contributed by atoms with Gasteiger partial charge in [0.25, 0.3) is 17.7 Å². The van der Waals surface area contributed by atoms with Gasteiger partial charge in [-0.2, -0.15) is 5.10 Å². The molecule has 38 heavy (non-hydrogen) atoms. The summed E-state index contributed by atoms with van der Waals surface area (Å²) in [6.45, 7) is -0.230. The van der Waals surface area contributed by atoms with Gasteiger partial charge in [-0.15, -0.1) is 0 Å². The highest BCUT2D eigenvalue weighted by Gasteiger charge is 2.37. The Balaban J connectivity index is 1.42. The van der Waals surface area contributed by atoms with E-state index in [9.17, 15) is 23.2 Å². The zero-order valence-electron chi connectivity index (χ0n) is 19.7. The number of carbonyl (C=O) groups is 3. The molecule has 1 aliphatic heterocycles. The van der Waals surface area contributed by atoms with E-state index in [4.69, 9.17) is 27.6 Å². The lowest BCUT2D eigenvalue weighted by atomic mass is 10.0. The molecule has 0 spiro atoms. The highest BCUT2D eigenvalue weighted by atomic mass is 35.5. The topological polar surface area (TPSA) is 97.4 Å². The van der Waals surface area contributed by atoms with Crippen LogP contribution in [-0.4, -0.2) is 45.0 Å². The van der Waals surface area contributed by atoms with Crippen LogP contribution in [0.4, 0.5) is 8.78 Å². The molecule has 5 rings (SSSR count). The summed E-state index contributed by atoms with van der Waals surface area (Å²) in [6.07, 6.45) is 1.39. The van der Waals surface area contributed by atoms with Crippen molar-refractivity contribution in [2.75, 3.05) is 6.54 Å². The molecule has 3 heterocycles. The maximum absolute atomic E-state index is 13.9. The summed E-state index contributed by atoms with van der Waals surface area (Å²) in [6, 6.07) is 10.2. The third kappa shape index (κ3) is 4.68. The number of nitrogens with one attached hydrogen (secondary N) is 1. The van der Waals surface area contributed by atoms with Crippen molar-refractivity contribution in [1.29, 1.82) is 0 Å². The lowest BCUT2D eigenvalue weighted by molar-refractivity contribution is 0.0627. The summed E-state index contributed by atoms with van der Waals surface area (Å²) >= 11 is 12.4. The number of aromatic nitrogens is 2. The van der Waals surface area contributed by atoms with Gasteiger partial charge >= 0.3 is 0 Å². The van der Waals surface area contributed by atoms with Crippen LogP contribution >= 0.6 is 23.2 Å². The predicted molar refractivity (Wildman–Crippen MR) is 134 cm³/mol. The van der Waals surface area contributed by atoms with Crippen molar-refractivity contribution in [3.05, 3.63) is 99.1 Å². The number of fused-ring (bicyclic) bond motifs is 1. The summed E-state index contributed by atoms with van der Waals surface area (Å²) in [4.78, 5) is 40.0. The van der Waals surface area contributed by atoms with Gasteiger partial charge < -0.3 is 9.73 Å². The fraction of sp³-hybridized carbons (Fsp3) is 0.154. The van der Waals surface area contributed by atoms with Crippen molar-refractivity contribution in [1.82, 2.24) is 20.0 Å². The number of benzene rings is 2. The van der Waals surface area contributed by atoms with E-state index >= 15 is 0 Å². The van der Waals surface area contributed by atoms with Crippen LogP contribution in [0.2, 0.25) is 10.2 Å². The van der Waals surface area contributed by atoms with Crippen molar-refractivity contribution >= 4 is 40.9 Å². The first kappa shape index (κ1) is 25.6. The van der Waals surface area contributed by atoms with Crippen LogP contribution in [0.5, 0.6) is 0 Å². The smallest absolute Gasteiger partial charge is 0.287 e. The van der Waals surface area contributed by atoms with Gasteiger partial charge in [0, 0.05) is 19.7 Å². The number of nitrogens with zero attached hydrogens (tertiary/aromatic N) is 3. The molecule has 1 unspecified atom stereocenters. The number of carbonyl (C=O) groups excluding carboxylic acids is 3. The molecule has 0 fully saturated rings. The fourth-order valence-electron chi connectivity index (χ4n) is 4.35. The van der Waals surface area contributed by atoms with E-state index in [2.05, 4.69) is 10.4 Å². The van der Waals surface area contributed by atoms with Crippen LogP contribution in [0.15, 0.2) is 59.1 Å². The van der Waals surface area contributed by atoms with Crippen LogP contribution in [0, 0.1) is 11.6 Å². The molecule has 8 nitrogen and oxygen atoms in total. The minimum Gasteiger partial charge on any atom is -0.439 e. The first-order valence-electron chi connectivity index (χ1n) is 11.3. The second-order valence-electron chi connectivity index (χ2n) is 8.65. The normalized spacial score (nSPS) is 13.7. The van der Waals surface area contributed by atoms with E-state index in [1.165, 1.54) is 35.1 Å². The molecule has 3 amide bonds. The molecule has 12 heteroatoms. The van der Waals surface area contributed by atoms with Crippen LogP contribution in [-0.2, 0) is 13.5 Å². The first-order valence-corrected chi connectivity index (χ1v) is 12.1. The average Bonchev–Trinajstić information content (AvgIpc) is 3.51. The van der Waals surface area contributed by atoms with Gasteiger partial charge in [0.15, 0.2) is 17.4 Å². The van der Waals surface area contributed by atoms with Crippen molar-refractivity contribution in [3.8, 4) is 11.3 Å². The quantitative estimate of drug-likeness (QED) is 0.325. The molecule has 0 saturated heterocycles. The summed E-state index contributed by atoms with van der Waals surface area (Å²) in [5.41, 5.74) is 1.59. The van der Waals surface area contributed by atoms with E-state index in [1.807, 2.05) is 0 Å². The predicted octanol–water partition coefficient (Wildman–Crippen LogP) is 4.90. The summed E-state index contributed by atoms with van der Waals surface area (Å²) in [7, 11) is 1.64. The molecule has 2 aromatic heterocycles. The molecule has 1 atom stereocenters. The zero-order valence-corrected chi connectivity index (χ0v) is 21.2. The van der Waals surface area contributed by atoms with Gasteiger partial charge in [-0.1, -0.05) is 29.8 Å². The molecule has 0 radical (unpaired) electrons. The zero-order chi connectivity index (χ0) is 27.1. The fourth-order valence-corrected chi connectivity index (χ4v) is 4.85. The Hall–Kier alpha value is -4.02. The largest absolute Gasteiger partial charge is 0.439 e. The minimum absolute atomic E-state index is 0.0226. The van der Waals surface area contributed by atoms with Crippen molar-refractivity contribution in [2.24, 2.45) is 7.05 Å². The second kappa shape index (κ2) is 10.0. The van der Waals surface area contributed by atoms with E-state index in [1.54, 1.807) is 19.2 Å². The number of furan rings is 1. The Morgan fingerprint density at radius 1 is 1.03 bits per heavy atom. The maximum atomic E-state index is 13.9. The Morgan fingerprint density at radius 3 is 2.32 bits per heavy atom. The minimum atomic E-state index is -1.07. The van der Waals surface area contributed by atoms with E-state index in [0.717, 1.165) is 17.0 Å². The Morgan fingerprint density at radius 2 is 1.71 bits per heavy atom. The number of hydrogen-bond acceptors (Lipinski definition) is 5. The Labute approximate surface area is 224 Å². The second-order valence-corrected chi connectivity index (χ2v) is 9.40. The van der Waals surface area contributed by atoms with Crippen molar-refractivity contribution < 1.29 is 27.6 Å². The molecule has 4 aromatic rings. The molecule has 194 valence electrons. The summed E-state index contributed by atoms with van der Waals surface area (Å²) in [5, 5.41) is 6.96. The molecule has 1 aliphatic rings. The first-order chi connectivity index (χ1) is 18.1. The van der Waals surface area contributed by atoms with Gasteiger partial charge in [-0.3, -0.25) is 24.0 Å². The lowest BCUT2D eigenvalue weighted by Gasteiger charge is -2.23. The highest BCUT2D eigenvalue weighted by molar-refractivity contribution is 6.35. The molecule has 1 N–H and O–H groups in total. The van der Waals surface area contributed by atoms with Crippen LogP contribution in [0.1, 0.15) is 36.8 Å². The monoisotopic (exact) mass is 558 g/mol. The van der Waals surface area contributed by atoms with Crippen molar-refractivity contribution in [2.45, 2.75) is 12.5 Å². The van der Waals surface area contributed by atoms with Gasteiger partial charge in [-0.25, -0.2) is 8.78 Å². The number of hydrogen-bond donors (Lipinski definition) is 1. The van der Waals surface area contributed by atoms with Crippen LogP contribution in [0.3, 0.4) is 0 Å². The highest BCUT2D eigenvalue weighted by Crippen LogP contribution is 2.35. The number of halogens is 4. The molecular weight excluding hydrogens is 541 g/mol. The van der Waals surface area contributed by atoms with Gasteiger partial charge in [-0.05, 0) is 47.9 Å². The summed E-state index contributed by atoms with van der Waals surface area (Å²) in [5.74, 6) is -4.01. The van der Waals surface area contributed by atoms with Gasteiger partial charge in [0.05, 0.1) is 39.6 Å². The maximum Gasteiger partial charge on any atom is 0.287 e. The molecule has 2 aromatic carbocycles. The number of rotatable bonds is 7. The molecule has 0 saturated carbocycles.